The van der Waals surface area contributed by atoms with Gasteiger partial charge < -0.3 is 5.32 Å². The summed E-state index contributed by atoms with van der Waals surface area (Å²) in [5.41, 5.74) is 0.457. The Morgan fingerprint density at radius 3 is 2.58 bits per heavy atom. The van der Waals surface area contributed by atoms with Gasteiger partial charge >= 0.3 is 0 Å². The van der Waals surface area contributed by atoms with E-state index in [4.69, 9.17) is 0 Å². The van der Waals surface area contributed by atoms with Crippen molar-refractivity contribution in [3.05, 3.63) is 0 Å². The van der Waals surface area contributed by atoms with Gasteiger partial charge in [0.05, 0.1) is 0 Å². The molecule has 2 fully saturated rings. The van der Waals surface area contributed by atoms with Gasteiger partial charge in [0.15, 0.2) is 0 Å². The smallest absolute Gasteiger partial charge is 0.223 e. The maximum Gasteiger partial charge on any atom is 0.223 e. The summed E-state index contributed by atoms with van der Waals surface area (Å²) in [7, 11) is 1.75. The molecule has 1 amide bonds. The van der Waals surface area contributed by atoms with Crippen LogP contribution in [0.25, 0.3) is 0 Å². The third-order valence-electron chi connectivity index (χ3n) is 3.60. The Kier molecular flexibility index (Phi) is 1.85. The molecular weight excluding hydrogens is 150 g/mol. The first-order valence-corrected chi connectivity index (χ1v) is 5.00. The lowest BCUT2D eigenvalue weighted by Gasteiger charge is -2.21. The summed E-state index contributed by atoms with van der Waals surface area (Å²) >= 11 is 0. The zero-order chi connectivity index (χ0) is 8.60. The molecule has 12 heavy (non-hydrogen) atoms. The molecule has 2 saturated carbocycles. The van der Waals surface area contributed by atoms with Crippen molar-refractivity contribution >= 4 is 5.91 Å². The largest absolute Gasteiger partial charge is 0.359 e. The van der Waals surface area contributed by atoms with E-state index in [1.807, 2.05) is 0 Å². The van der Waals surface area contributed by atoms with Gasteiger partial charge in [-0.15, -0.1) is 0 Å². The Labute approximate surface area is 73.7 Å². The molecular formula is C10H17NO. The van der Waals surface area contributed by atoms with Crippen LogP contribution in [0, 0.1) is 11.3 Å². The predicted molar refractivity (Wildman–Crippen MR) is 47.7 cm³/mol. The van der Waals surface area contributed by atoms with Gasteiger partial charge in [-0.2, -0.15) is 0 Å². The molecule has 1 spiro atoms. The molecule has 0 radical (unpaired) electrons. The van der Waals surface area contributed by atoms with Crippen LogP contribution < -0.4 is 5.32 Å². The van der Waals surface area contributed by atoms with Crippen LogP contribution in [0.5, 0.6) is 0 Å². The van der Waals surface area contributed by atoms with Crippen molar-refractivity contribution in [2.75, 3.05) is 7.05 Å². The number of nitrogens with one attached hydrogen (secondary N) is 1. The average Bonchev–Trinajstić information content (AvgIpc) is 2.80. The van der Waals surface area contributed by atoms with Gasteiger partial charge in [-0.1, -0.05) is 19.3 Å². The summed E-state index contributed by atoms with van der Waals surface area (Å²) in [6, 6.07) is 0. The van der Waals surface area contributed by atoms with E-state index in [1.54, 1.807) is 7.05 Å². The van der Waals surface area contributed by atoms with Crippen molar-refractivity contribution in [1.29, 1.82) is 0 Å². The summed E-state index contributed by atoms with van der Waals surface area (Å²) in [6.07, 6.45) is 7.81. The first kappa shape index (κ1) is 8.09. The normalized spacial score (nSPS) is 31.6. The second kappa shape index (κ2) is 2.75. The highest BCUT2D eigenvalue weighted by atomic mass is 16.2. The van der Waals surface area contributed by atoms with Crippen molar-refractivity contribution in [3.63, 3.8) is 0 Å². The van der Waals surface area contributed by atoms with E-state index in [0.29, 0.717) is 11.3 Å². The summed E-state index contributed by atoms with van der Waals surface area (Å²) in [5, 5.41) is 2.76. The molecule has 0 heterocycles. The van der Waals surface area contributed by atoms with E-state index < -0.39 is 0 Å². The molecule has 2 heteroatoms. The Balaban J connectivity index is 1.95. The molecule has 2 aliphatic rings. The van der Waals surface area contributed by atoms with Crippen LogP contribution in [-0.4, -0.2) is 13.0 Å². The lowest BCUT2D eigenvalue weighted by atomic mass is 9.84. The van der Waals surface area contributed by atoms with Crippen LogP contribution >= 0.6 is 0 Å². The van der Waals surface area contributed by atoms with Crippen LogP contribution in [0.15, 0.2) is 0 Å². The number of rotatable bonds is 1. The first-order valence-electron chi connectivity index (χ1n) is 5.00. The van der Waals surface area contributed by atoms with Gasteiger partial charge in [0, 0.05) is 13.0 Å². The number of carbonyl (C=O) groups excluding carboxylic acids is 1. The Morgan fingerprint density at radius 2 is 2.00 bits per heavy atom. The minimum Gasteiger partial charge on any atom is -0.359 e. The Morgan fingerprint density at radius 1 is 1.33 bits per heavy atom. The van der Waals surface area contributed by atoms with Crippen LogP contribution in [0.1, 0.15) is 38.5 Å². The second-order valence-electron chi connectivity index (χ2n) is 4.29. The van der Waals surface area contributed by atoms with Gasteiger partial charge in [-0.25, -0.2) is 0 Å². The van der Waals surface area contributed by atoms with E-state index in [2.05, 4.69) is 5.32 Å². The monoisotopic (exact) mass is 167 g/mol. The van der Waals surface area contributed by atoms with Gasteiger partial charge in [-0.05, 0) is 24.7 Å². The third-order valence-corrected chi connectivity index (χ3v) is 3.60. The number of amides is 1. The summed E-state index contributed by atoms with van der Waals surface area (Å²) < 4.78 is 0. The standard InChI is InChI=1S/C10H17NO/c1-11-9(12)8-7-10(8)5-3-2-4-6-10/h8H,2-7H2,1H3,(H,11,12). The van der Waals surface area contributed by atoms with Crippen LogP contribution in [0.3, 0.4) is 0 Å². The van der Waals surface area contributed by atoms with Gasteiger partial charge in [0.1, 0.15) is 0 Å². The van der Waals surface area contributed by atoms with Gasteiger partial charge in [-0.3, -0.25) is 4.79 Å². The topological polar surface area (TPSA) is 29.1 Å². The number of hydrogen-bond donors (Lipinski definition) is 1. The maximum atomic E-state index is 11.3. The molecule has 0 aromatic carbocycles. The fraction of sp³-hybridized carbons (Fsp3) is 0.900. The molecule has 1 N–H and O–H groups in total. The zero-order valence-corrected chi connectivity index (χ0v) is 7.73. The van der Waals surface area contributed by atoms with E-state index >= 15 is 0 Å². The molecule has 0 aromatic heterocycles. The molecule has 68 valence electrons. The van der Waals surface area contributed by atoms with Crippen molar-refractivity contribution in [2.45, 2.75) is 38.5 Å². The summed E-state index contributed by atoms with van der Waals surface area (Å²) in [6.45, 7) is 0. The highest BCUT2D eigenvalue weighted by Crippen LogP contribution is 2.61. The van der Waals surface area contributed by atoms with Crippen molar-refractivity contribution in [3.8, 4) is 0 Å². The van der Waals surface area contributed by atoms with Crippen LogP contribution in [-0.2, 0) is 4.79 Å². The zero-order valence-electron chi connectivity index (χ0n) is 7.73. The van der Waals surface area contributed by atoms with Crippen molar-refractivity contribution in [1.82, 2.24) is 5.32 Å². The first-order chi connectivity index (χ1) is 5.78. The minimum absolute atomic E-state index is 0.275. The van der Waals surface area contributed by atoms with E-state index in [1.165, 1.54) is 32.1 Å². The van der Waals surface area contributed by atoms with E-state index in [9.17, 15) is 4.79 Å². The fourth-order valence-corrected chi connectivity index (χ4v) is 2.70. The summed E-state index contributed by atoms with van der Waals surface area (Å²) in [4.78, 5) is 11.3. The van der Waals surface area contributed by atoms with Crippen LogP contribution in [0.4, 0.5) is 0 Å². The Hall–Kier alpha value is -0.530. The molecule has 2 rings (SSSR count). The van der Waals surface area contributed by atoms with E-state index in [-0.39, 0.29) is 5.91 Å². The Bertz CT molecular complexity index is 194. The lowest BCUT2D eigenvalue weighted by Crippen LogP contribution is -2.24. The van der Waals surface area contributed by atoms with E-state index in [0.717, 1.165) is 6.42 Å². The molecule has 0 aromatic rings. The molecule has 2 nitrogen and oxygen atoms in total. The quantitative estimate of drug-likeness (QED) is 0.632. The maximum absolute atomic E-state index is 11.3. The third kappa shape index (κ3) is 1.13. The molecule has 2 aliphatic carbocycles. The van der Waals surface area contributed by atoms with Crippen molar-refractivity contribution < 1.29 is 4.79 Å². The van der Waals surface area contributed by atoms with Crippen molar-refractivity contribution in [2.24, 2.45) is 11.3 Å². The highest BCUT2D eigenvalue weighted by Gasteiger charge is 2.57. The molecule has 0 aliphatic heterocycles. The lowest BCUT2D eigenvalue weighted by molar-refractivity contribution is -0.122. The number of carbonyl (C=O) groups is 1. The van der Waals surface area contributed by atoms with Gasteiger partial charge in [0.2, 0.25) is 5.91 Å². The minimum atomic E-state index is 0.275. The highest BCUT2D eigenvalue weighted by molar-refractivity contribution is 5.82. The predicted octanol–water partition coefficient (Wildman–Crippen LogP) is 1.70. The van der Waals surface area contributed by atoms with Crippen LogP contribution in [0.2, 0.25) is 0 Å². The molecule has 1 atom stereocenters. The van der Waals surface area contributed by atoms with Gasteiger partial charge in [0.25, 0.3) is 0 Å². The second-order valence-corrected chi connectivity index (χ2v) is 4.29. The molecule has 0 saturated heterocycles. The molecule has 0 bridgehead atoms. The SMILES string of the molecule is CNC(=O)C1CC12CCCCC2. The average molecular weight is 167 g/mol. The fourth-order valence-electron chi connectivity index (χ4n) is 2.70. The number of hydrogen-bond acceptors (Lipinski definition) is 1. The summed E-state index contributed by atoms with van der Waals surface area (Å²) in [5.74, 6) is 0.639. The molecule has 1 unspecified atom stereocenters.